The van der Waals surface area contributed by atoms with Crippen LogP contribution in [0.1, 0.15) is 21.5 Å². The summed E-state index contributed by atoms with van der Waals surface area (Å²) in [4.78, 5) is 16.4. The van der Waals surface area contributed by atoms with Crippen molar-refractivity contribution in [3.8, 4) is 0 Å². The van der Waals surface area contributed by atoms with Crippen molar-refractivity contribution >= 4 is 21.6 Å². The van der Waals surface area contributed by atoms with Crippen LogP contribution in [0.25, 0.3) is 0 Å². The van der Waals surface area contributed by atoms with Crippen molar-refractivity contribution in [2.24, 2.45) is 0 Å². The van der Waals surface area contributed by atoms with Gasteiger partial charge in [0.1, 0.15) is 0 Å². The van der Waals surface area contributed by atoms with Crippen LogP contribution < -0.4 is 10.0 Å². The second kappa shape index (κ2) is 8.01. The van der Waals surface area contributed by atoms with Gasteiger partial charge in [-0.3, -0.25) is 14.5 Å². The summed E-state index contributed by atoms with van der Waals surface area (Å²) >= 11 is 0. The average molecular weight is 381 g/mol. The van der Waals surface area contributed by atoms with Gasteiger partial charge in [-0.15, -0.1) is 0 Å². The fourth-order valence-electron chi connectivity index (χ4n) is 2.44. The normalized spacial score (nSPS) is 11.0. The van der Waals surface area contributed by atoms with E-state index < -0.39 is 10.0 Å². The molecule has 0 spiro atoms. The Kier molecular flexibility index (Phi) is 5.52. The molecular formula is C20H19N3O3S. The van der Waals surface area contributed by atoms with Crippen LogP contribution in [0, 0.1) is 6.92 Å². The highest BCUT2D eigenvalue weighted by atomic mass is 32.2. The molecule has 0 saturated heterocycles. The molecule has 0 radical (unpaired) electrons. The van der Waals surface area contributed by atoms with Gasteiger partial charge in [0.25, 0.3) is 15.9 Å². The van der Waals surface area contributed by atoms with Gasteiger partial charge in [-0.25, -0.2) is 8.42 Å². The number of carbonyl (C=O) groups is 1. The van der Waals surface area contributed by atoms with E-state index in [9.17, 15) is 13.2 Å². The minimum Gasteiger partial charge on any atom is -0.348 e. The molecule has 0 aliphatic carbocycles. The lowest BCUT2D eigenvalue weighted by Gasteiger charge is -2.10. The summed E-state index contributed by atoms with van der Waals surface area (Å²) in [6.07, 6.45) is 3.31. The number of anilines is 1. The average Bonchev–Trinajstić information content (AvgIpc) is 2.67. The number of carbonyl (C=O) groups excluding carboxylic acids is 1. The molecular weight excluding hydrogens is 362 g/mol. The molecule has 0 saturated carbocycles. The Bertz CT molecular complexity index is 1030. The van der Waals surface area contributed by atoms with Gasteiger partial charge in [0, 0.05) is 30.2 Å². The molecule has 3 rings (SSSR count). The number of pyridine rings is 1. The Morgan fingerprint density at radius 3 is 2.41 bits per heavy atom. The molecule has 7 heteroatoms. The van der Waals surface area contributed by atoms with Gasteiger partial charge in [0.05, 0.1) is 4.90 Å². The van der Waals surface area contributed by atoms with Crippen LogP contribution in [-0.4, -0.2) is 19.3 Å². The van der Waals surface area contributed by atoms with E-state index in [0.29, 0.717) is 17.8 Å². The third kappa shape index (κ3) is 4.92. The molecule has 0 aliphatic rings. The van der Waals surface area contributed by atoms with Gasteiger partial charge < -0.3 is 5.32 Å². The molecule has 27 heavy (non-hydrogen) atoms. The number of nitrogens with one attached hydrogen (secondary N) is 2. The number of aromatic nitrogens is 1. The molecule has 0 unspecified atom stereocenters. The Balaban J connectivity index is 1.71. The highest BCUT2D eigenvalue weighted by molar-refractivity contribution is 7.92. The number of nitrogens with zero attached hydrogens (tertiary/aromatic N) is 1. The summed E-state index contributed by atoms with van der Waals surface area (Å²) in [7, 11) is -3.72. The van der Waals surface area contributed by atoms with Crippen LogP contribution >= 0.6 is 0 Å². The largest absolute Gasteiger partial charge is 0.348 e. The van der Waals surface area contributed by atoms with Crippen molar-refractivity contribution < 1.29 is 13.2 Å². The fraction of sp³-hybridized carbons (Fsp3) is 0.100. The molecule has 3 aromatic rings. The Morgan fingerprint density at radius 2 is 1.70 bits per heavy atom. The lowest BCUT2D eigenvalue weighted by Crippen LogP contribution is -2.23. The first-order valence-electron chi connectivity index (χ1n) is 8.31. The van der Waals surface area contributed by atoms with E-state index in [1.807, 2.05) is 19.1 Å². The zero-order chi connectivity index (χ0) is 19.3. The topological polar surface area (TPSA) is 88.2 Å². The molecule has 1 amide bonds. The Morgan fingerprint density at radius 1 is 1.00 bits per heavy atom. The van der Waals surface area contributed by atoms with Crippen molar-refractivity contribution in [2.45, 2.75) is 18.4 Å². The molecule has 0 aliphatic heterocycles. The lowest BCUT2D eigenvalue weighted by molar-refractivity contribution is 0.0951. The van der Waals surface area contributed by atoms with E-state index in [1.165, 1.54) is 6.07 Å². The smallest absolute Gasteiger partial charge is 0.261 e. The van der Waals surface area contributed by atoms with E-state index in [-0.39, 0.29) is 10.8 Å². The van der Waals surface area contributed by atoms with Crippen molar-refractivity contribution in [3.63, 3.8) is 0 Å². The van der Waals surface area contributed by atoms with Gasteiger partial charge in [0.2, 0.25) is 0 Å². The first-order chi connectivity index (χ1) is 12.9. The Hall–Kier alpha value is -3.19. The molecule has 138 valence electrons. The number of rotatable bonds is 6. The molecule has 0 bridgehead atoms. The van der Waals surface area contributed by atoms with Crippen molar-refractivity contribution in [2.75, 3.05) is 4.72 Å². The van der Waals surface area contributed by atoms with Crippen molar-refractivity contribution in [1.29, 1.82) is 0 Å². The fourth-order valence-corrected chi connectivity index (χ4v) is 3.49. The third-order valence-corrected chi connectivity index (χ3v) is 5.31. The minimum atomic E-state index is -3.72. The third-order valence-electron chi connectivity index (χ3n) is 3.91. The van der Waals surface area contributed by atoms with Crippen LogP contribution in [0.4, 0.5) is 5.69 Å². The van der Waals surface area contributed by atoms with Gasteiger partial charge >= 0.3 is 0 Å². The lowest BCUT2D eigenvalue weighted by atomic mass is 10.2. The second-order valence-corrected chi connectivity index (χ2v) is 7.72. The van der Waals surface area contributed by atoms with Gasteiger partial charge in [0.15, 0.2) is 0 Å². The quantitative estimate of drug-likeness (QED) is 0.687. The summed E-state index contributed by atoms with van der Waals surface area (Å²) in [6, 6.07) is 16.6. The number of amides is 1. The van der Waals surface area contributed by atoms with Crippen LogP contribution in [0.5, 0.6) is 0 Å². The molecule has 2 N–H and O–H groups in total. The van der Waals surface area contributed by atoms with Gasteiger partial charge in [-0.2, -0.15) is 0 Å². The molecule has 6 nitrogen and oxygen atoms in total. The number of aryl methyl sites for hydroxylation is 1. The maximum atomic E-state index is 12.5. The van der Waals surface area contributed by atoms with E-state index in [1.54, 1.807) is 54.9 Å². The van der Waals surface area contributed by atoms with Gasteiger partial charge in [-0.1, -0.05) is 23.8 Å². The van der Waals surface area contributed by atoms with Crippen LogP contribution in [-0.2, 0) is 16.6 Å². The summed E-state index contributed by atoms with van der Waals surface area (Å²) in [5.41, 5.74) is 2.59. The van der Waals surface area contributed by atoms with Crippen LogP contribution in [0.3, 0.4) is 0 Å². The van der Waals surface area contributed by atoms with E-state index in [0.717, 1.165) is 11.1 Å². The maximum Gasteiger partial charge on any atom is 0.261 e. The second-order valence-electron chi connectivity index (χ2n) is 6.04. The molecule has 1 heterocycles. The van der Waals surface area contributed by atoms with Crippen molar-refractivity contribution in [3.05, 3.63) is 89.7 Å². The Labute approximate surface area is 158 Å². The number of hydrogen-bond donors (Lipinski definition) is 2. The zero-order valence-electron chi connectivity index (χ0n) is 14.7. The number of benzene rings is 2. The summed E-state index contributed by atoms with van der Waals surface area (Å²) in [5.74, 6) is -0.289. The molecule has 2 aromatic carbocycles. The van der Waals surface area contributed by atoms with E-state index in [2.05, 4.69) is 15.0 Å². The summed E-state index contributed by atoms with van der Waals surface area (Å²) < 4.78 is 27.5. The van der Waals surface area contributed by atoms with E-state index in [4.69, 9.17) is 0 Å². The summed E-state index contributed by atoms with van der Waals surface area (Å²) in [5, 5.41) is 2.80. The monoisotopic (exact) mass is 381 g/mol. The number of hydrogen-bond acceptors (Lipinski definition) is 4. The van der Waals surface area contributed by atoms with Crippen LogP contribution in [0.15, 0.2) is 78.0 Å². The number of sulfonamides is 1. The first-order valence-corrected chi connectivity index (χ1v) is 9.79. The van der Waals surface area contributed by atoms with Crippen molar-refractivity contribution in [1.82, 2.24) is 10.3 Å². The maximum absolute atomic E-state index is 12.5. The highest BCUT2D eigenvalue weighted by Gasteiger charge is 2.15. The minimum absolute atomic E-state index is 0.167. The molecule has 1 aromatic heterocycles. The van der Waals surface area contributed by atoms with E-state index >= 15 is 0 Å². The predicted molar refractivity (Wildman–Crippen MR) is 104 cm³/mol. The van der Waals surface area contributed by atoms with Crippen LogP contribution in [0.2, 0.25) is 0 Å². The molecule has 0 atom stereocenters. The highest BCUT2D eigenvalue weighted by Crippen LogP contribution is 2.18. The SMILES string of the molecule is Cc1ccc(S(=O)(=O)Nc2cccc(C(=O)NCc3ccncc3)c2)cc1. The predicted octanol–water partition coefficient (Wildman–Crippen LogP) is 3.12. The molecule has 0 fully saturated rings. The first kappa shape index (κ1) is 18.6. The zero-order valence-corrected chi connectivity index (χ0v) is 15.5. The van der Waals surface area contributed by atoms with Gasteiger partial charge in [-0.05, 0) is 55.0 Å². The standard InChI is InChI=1S/C20H19N3O3S/c1-15-5-7-19(8-6-15)27(25,26)23-18-4-2-3-17(13-18)20(24)22-14-16-9-11-21-12-10-16/h2-13,23H,14H2,1H3,(H,22,24). The summed E-state index contributed by atoms with van der Waals surface area (Å²) in [6.45, 7) is 2.25.